The molecule has 0 bridgehead atoms. The molecule has 1 aliphatic heterocycles. The summed E-state index contributed by atoms with van der Waals surface area (Å²) in [4.78, 5) is 12.5. The second-order valence-electron chi connectivity index (χ2n) is 3.72. The van der Waals surface area contributed by atoms with Gasteiger partial charge in [-0.05, 0) is 30.5 Å². The smallest absolute Gasteiger partial charge is 0.407 e. The van der Waals surface area contributed by atoms with Gasteiger partial charge in [-0.15, -0.1) is 0 Å². The zero-order chi connectivity index (χ0) is 11.5. The standard InChI is InChI=1S/C12H14NO3/c1-16-10-5-2-4-9(8-10)11-6-3-7-13(11)12(14)15/h2,4-6,8,11H,3,7H2,1H3,(H,14,15). The number of hydrogen-bond donors (Lipinski definition) is 1. The Bertz CT molecular complexity index is 392. The van der Waals surface area contributed by atoms with Gasteiger partial charge in [0.2, 0.25) is 0 Å². The van der Waals surface area contributed by atoms with E-state index in [1.165, 1.54) is 4.90 Å². The summed E-state index contributed by atoms with van der Waals surface area (Å²) in [5.41, 5.74) is 0.958. The maximum atomic E-state index is 11.0. The second-order valence-corrected chi connectivity index (χ2v) is 3.72. The SMILES string of the molecule is COc1cccc(C2[CH]CCN2C(=O)O)c1. The highest BCUT2D eigenvalue weighted by atomic mass is 16.5. The molecule has 1 aliphatic rings. The van der Waals surface area contributed by atoms with Crippen molar-refractivity contribution in [1.82, 2.24) is 4.90 Å². The van der Waals surface area contributed by atoms with Crippen molar-refractivity contribution in [2.45, 2.75) is 12.5 Å². The van der Waals surface area contributed by atoms with Crippen LogP contribution in [-0.2, 0) is 0 Å². The summed E-state index contributed by atoms with van der Waals surface area (Å²) in [6, 6.07) is 7.38. The van der Waals surface area contributed by atoms with E-state index in [0.717, 1.165) is 17.7 Å². The number of hydrogen-bond acceptors (Lipinski definition) is 2. The van der Waals surface area contributed by atoms with E-state index >= 15 is 0 Å². The van der Waals surface area contributed by atoms with Crippen molar-refractivity contribution >= 4 is 6.09 Å². The van der Waals surface area contributed by atoms with E-state index in [0.29, 0.717) is 6.54 Å². The van der Waals surface area contributed by atoms with Gasteiger partial charge in [0.15, 0.2) is 0 Å². The molecule has 1 aromatic rings. The van der Waals surface area contributed by atoms with Crippen LogP contribution in [0.25, 0.3) is 0 Å². The number of amides is 1. The van der Waals surface area contributed by atoms with Crippen LogP contribution in [0.2, 0.25) is 0 Å². The molecule has 0 saturated carbocycles. The lowest BCUT2D eigenvalue weighted by molar-refractivity contribution is 0.143. The quantitative estimate of drug-likeness (QED) is 0.832. The molecule has 1 radical (unpaired) electrons. The van der Waals surface area contributed by atoms with Gasteiger partial charge in [0.1, 0.15) is 5.75 Å². The minimum atomic E-state index is -0.874. The Morgan fingerprint density at radius 1 is 1.56 bits per heavy atom. The first-order valence-electron chi connectivity index (χ1n) is 5.19. The largest absolute Gasteiger partial charge is 0.497 e. The number of benzene rings is 1. The van der Waals surface area contributed by atoms with Gasteiger partial charge in [0.05, 0.1) is 13.2 Å². The molecule has 1 atom stereocenters. The van der Waals surface area contributed by atoms with Crippen LogP contribution in [0.1, 0.15) is 18.0 Å². The summed E-state index contributed by atoms with van der Waals surface area (Å²) in [6.07, 6.45) is 1.94. The van der Waals surface area contributed by atoms with Gasteiger partial charge < -0.3 is 14.7 Å². The van der Waals surface area contributed by atoms with E-state index in [4.69, 9.17) is 9.84 Å². The van der Waals surface area contributed by atoms with Crippen LogP contribution in [-0.4, -0.2) is 29.8 Å². The fourth-order valence-electron chi connectivity index (χ4n) is 1.99. The summed E-state index contributed by atoms with van der Waals surface area (Å²) >= 11 is 0. The Labute approximate surface area is 94.4 Å². The van der Waals surface area contributed by atoms with Crippen molar-refractivity contribution in [2.24, 2.45) is 0 Å². The number of nitrogens with zero attached hydrogens (tertiary/aromatic N) is 1. The molecule has 1 saturated heterocycles. The van der Waals surface area contributed by atoms with E-state index in [1.54, 1.807) is 7.11 Å². The van der Waals surface area contributed by atoms with Gasteiger partial charge in [-0.3, -0.25) is 0 Å². The van der Waals surface area contributed by atoms with Gasteiger partial charge >= 0.3 is 6.09 Å². The average molecular weight is 220 g/mol. The lowest BCUT2D eigenvalue weighted by Crippen LogP contribution is -2.28. The van der Waals surface area contributed by atoms with Gasteiger partial charge in [0.25, 0.3) is 0 Å². The number of rotatable bonds is 2. The van der Waals surface area contributed by atoms with Crippen LogP contribution < -0.4 is 4.74 Å². The Kier molecular flexibility index (Phi) is 2.99. The van der Waals surface area contributed by atoms with E-state index in [9.17, 15) is 4.79 Å². The Hall–Kier alpha value is -1.71. The molecule has 85 valence electrons. The molecule has 1 heterocycles. The molecule has 4 heteroatoms. The Balaban J connectivity index is 2.25. The fraction of sp³-hybridized carbons (Fsp3) is 0.333. The molecule has 4 nitrogen and oxygen atoms in total. The number of likely N-dealkylation sites (tertiary alicyclic amines) is 1. The molecular weight excluding hydrogens is 206 g/mol. The van der Waals surface area contributed by atoms with Crippen LogP contribution in [0.5, 0.6) is 5.75 Å². The zero-order valence-electron chi connectivity index (χ0n) is 9.09. The van der Waals surface area contributed by atoms with Gasteiger partial charge in [0, 0.05) is 6.54 Å². The molecule has 0 spiro atoms. The highest BCUT2D eigenvalue weighted by molar-refractivity contribution is 5.66. The summed E-state index contributed by atoms with van der Waals surface area (Å²) in [7, 11) is 1.60. The molecular formula is C12H14NO3. The topological polar surface area (TPSA) is 49.8 Å². The molecule has 1 amide bonds. The molecule has 1 N–H and O–H groups in total. The predicted octanol–water partition coefficient (Wildman–Crippen LogP) is 2.32. The minimum absolute atomic E-state index is 0.146. The van der Waals surface area contributed by atoms with Crippen molar-refractivity contribution in [2.75, 3.05) is 13.7 Å². The lowest BCUT2D eigenvalue weighted by atomic mass is 10.0. The average Bonchev–Trinajstić information content (AvgIpc) is 2.78. The highest BCUT2D eigenvalue weighted by Crippen LogP contribution is 2.32. The van der Waals surface area contributed by atoms with Crippen molar-refractivity contribution in [1.29, 1.82) is 0 Å². The van der Waals surface area contributed by atoms with Crippen LogP contribution >= 0.6 is 0 Å². The predicted molar refractivity (Wildman–Crippen MR) is 59.4 cm³/mol. The zero-order valence-corrected chi connectivity index (χ0v) is 9.09. The summed E-state index contributed by atoms with van der Waals surface area (Å²) in [5.74, 6) is 0.753. The third kappa shape index (κ3) is 1.96. The maximum Gasteiger partial charge on any atom is 0.407 e. The van der Waals surface area contributed by atoms with Gasteiger partial charge in [-0.2, -0.15) is 0 Å². The molecule has 1 fully saturated rings. The minimum Gasteiger partial charge on any atom is -0.497 e. The number of carboxylic acid groups (broad SMARTS) is 1. The first-order chi connectivity index (χ1) is 7.72. The highest BCUT2D eigenvalue weighted by Gasteiger charge is 2.29. The normalized spacial score (nSPS) is 19.8. The summed E-state index contributed by atoms with van der Waals surface area (Å²) in [5, 5.41) is 9.05. The molecule has 0 aromatic heterocycles. The van der Waals surface area contributed by atoms with Crippen molar-refractivity contribution < 1.29 is 14.6 Å². The first-order valence-corrected chi connectivity index (χ1v) is 5.19. The van der Waals surface area contributed by atoms with Crippen LogP contribution in [0.4, 0.5) is 4.79 Å². The third-order valence-electron chi connectivity index (χ3n) is 2.78. The lowest BCUT2D eigenvalue weighted by Gasteiger charge is -2.21. The Morgan fingerprint density at radius 3 is 3.06 bits per heavy atom. The number of methoxy groups -OCH3 is 1. The van der Waals surface area contributed by atoms with Gasteiger partial charge in [-0.1, -0.05) is 12.1 Å². The molecule has 0 aliphatic carbocycles. The van der Waals surface area contributed by atoms with E-state index in [2.05, 4.69) is 0 Å². The molecule has 1 unspecified atom stereocenters. The monoisotopic (exact) mass is 220 g/mol. The summed E-state index contributed by atoms with van der Waals surface area (Å²) < 4.78 is 5.13. The molecule has 2 rings (SSSR count). The van der Waals surface area contributed by atoms with Gasteiger partial charge in [-0.25, -0.2) is 4.79 Å². The Morgan fingerprint density at radius 2 is 2.38 bits per heavy atom. The third-order valence-corrected chi connectivity index (χ3v) is 2.78. The van der Waals surface area contributed by atoms with E-state index < -0.39 is 6.09 Å². The van der Waals surface area contributed by atoms with Crippen LogP contribution in [0.3, 0.4) is 0 Å². The van der Waals surface area contributed by atoms with E-state index in [-0.39, 0.29) is 6.04 Å². The van der Waals surface area contributed by atoms with Crippen LogP contribution in [0.15, 0.2) is 24.3 Å². The molecule has 1 aromatic carbocycles. The van der Waals surface area contributed by atoms with Crippen molar-refractivity contribution in [3.05, 3.63) is 36.2 Å². The fourth-order valence-corrected chi connectivity index (χ4v) is 1.99. The maximum absolute atomic E-state index is 11.0. The number of carbonyl (C=O) groups is 1. The van der Waals surface area contributed by atoms with Crippen LogP contribution in [0, 0.1) is 6.42 Å². The van der Waals surface area contributed by atoms with Crippen molar-refractivity contribution in [3.63, 3.8) is 0 Å². The van der Waals surface area contributed by atoms with E-state index in [1.807, 2.05) is 30.7 Å². The second kappa shape index (κ2) is 4.43. The van der Waals surface area contributed by atoms with Crippen molar-refractivity contribution in [3.8, 4) is 5.75 Å². The number of ether oxygens (including phenoxy) is 1. The first kappa shape index (κ1) is 10.8. The molecule has 16 heavy (non-hydrogen) atoms. The summed E-state index contributed by atoms with van der Waals surface area (Å²) in [6.45, 7) is 0.567.